The molecular weight excluding hydrogens is 704 g/mol. The van der Waals surface area contributed by atoms with Gasteiger partial charge in [0, 0.05) is 67.4 Å². The summed E-state index contributed by atoms with van der Waals surface area (Å²) in [5, 5.41) is 9.89. The molecule has 0 bridgehead atoms. The highest BCUT2D eigenvalue weighted by Gasteiger charge is 2.67. The SMILES string of the molecule is C[C@@H]1[C@@H]([Si](C)(C)F)[C@H](CC(=O)N(CCO)Cc2ccccc2)O[C@@]12C(=O)N(Cc1cccc(N3CCCCC3=O)c1)c1ccc(N3CCCCC3=O)cc12. The van der Waals surface area contributed by atoms with Crippen LogP contribution < -0.4 is 14.7 Å². The second-order valence-corrected chi connectivity index (χ2v) is 19.6. The summed E-state index contributed by atoms with van der Waals surface area (Å²) in [4.78, 5) is 62.0. The fourth-order valence-corrected chi connectivity index (χ4v) is 11.7. The van der Waals surface area contributed by atoms with Gasteiger partial charge in [-0.05, 0) is 80.2 Å². The highest BCUT2D eigenvalue weighted by molar-refractivity contribution is 6.72. The number of carbonyl (C=O) groups excluding carboxylic acids is 4. The van der Waals surface area contributed by atoms with E-state index in [0.717, 1.165) is 42.5 Å². The zero-order valence-corrected chi connectivity index (χ0v) is 32.5. The van der Waals surface area contributed by atoms with Crippen LogP contribution in [0.1, 0.15) is 68.6 Å². The van der Waals surface area contributed by atoms with E-state index in [2.05, 4.69) is 0 Å². The minimum Gasteiger partial charge on any atom is -0.395 e. The Morgan fingerprint density at radius 2 is 1.54 bits per heavy atom. The summed E-state index contributed by atoms with van der Waals surface area (Å²) in [5.74, 6) is -1.16. The molecule has 10 nitrogen and oxygen atoms in total. The first-order valence-corrected chi connectivity index (χ1v) is 22.3. The highest BCUT2D eigenvalue weighted by Crippen LogP contribution is 2.61. The van der Waals surface area contributed by atoms with E-state index in [1.54, 1.807) is 32.7 Å². The van der Waals surface area contributed by atoms with Gasteiger partial charge < -0.3 is 33.6 Å². The Bertz CT molecular complexity index is 1900. The zero-order chi connectivity index (χ0) is 38.2. The maximum absolute atomic E-state index is 16.7. The molecule has 1 N–H and O–H groups in total. The first-order chi connectivity index (χ1) is 25.9. The van der Waals surface area contributed by atoms with E-state index >= 15 is 8.90 Å². The van der Waals surface area contributed by atoms with Gasteiger partial charge in [-0.15, -0.1) is 0 Å². The maximum atomic E-state index is 16.7. The Morgan fingerprint density at radius 1 is 0.889 bits per heavy atom. The van der Waals surface area contributed by atoms with Crippen molar-refractivity contribution in [3.8, 4) is 0 Å². The molecular formula is C42H51FN4O6Si. The molecule has 4 atom stereocenters. The van der Waals surface area contributed by atoms with Crippen LogP contribution in [0.4, 0.5) is 21.2 Å². The van der Waals surface area contributed by atoms with Gasteiger partial charge in [-0.25, -0.2) is 0 Å². The summed E-state index contributed by atoms with van der Waals surface area (Å²) in [6.07, 6.45) is 3.38. The Balaban J connectivity index is 1.27. The van der Waals surface area contributed by atoms with Crippen LogP contribution in [0, 0.1) is 5.92 Å². The molecule has 4 amide bonds. The van der Waals surface area contributed by atoms with Crippen LogP contribution in [0.5, 0.6) is 0 Å². The second-order valence-electron chi connectivity index (χ2n) is 15.8. The fraction of sp³-hybridized carbons (Fsp3) is 0.476. The lowest BCUT2D eigenvalue weighted by atomic mass is 9.82. The van der Waals surface area contributed by atoms with E-state index in [-0.39, 0.29) is 56.3 Å². The molecule has 4 aliphatic heterocycles. The highest BCUT2D eigenvalue weighted by atomic mass is 28.4. The molecule has 54 heavy (non-hydrogen) atoms. The number of carbonyl (C=O) groups is 4. The molecule has 0 aromatic heterocycles. The summed E-state index contributed by atoms with van der Waals surface area (Å²) in [7, 11) is -3.59. The third kappa shape index (κ3) is 7.11. The summed E-state index contributed by atoms with van der Waals surface area (Å²) < 4.78 is 23.6. The minimum absolute atomic E-state index is 0.0157. The Hall–Kier alpha value is -4.39. The molecule has 0 saturated carbocycles. The van der Waals surface area contributed by atoms with Gasteiger partial charge in [0.2, 0.25) is 26.1 Å². The summed E-state index contributed by atoms with van der Waals surface area (Å²) >= 11 is 0. The van der Waals surface area contributed by atoms with E-state index in [1.165, 1.54) is 0 Å². The van der Waals surface area contributed by atoms with Crippen LogP contribution in [0.15, 0.2) is 72.8 Å². The van der Waals surface area contributed by atoms with Gasteiger partial charge >= 0.3 is 0 Å². The van der Waals surface area contributed by atoms with Gasteiger partial charge in [0.25, 0.3) is 5.91 Å². The lowest BCUT2D eigenvalue weighted by Crippen LogP contribution is -2.45. The van der Waals surface area contributed by atoms with Gasteiger partial charge in [-0.2, -0.15) is 0 Å². The normalized spacial score (nSPS) is 24.4. The number of rotatable bonds is 11. The van der Waals surface area contributed by atoms with E-state index in [9.17, 15) is 19.5 Å². The van der Waals surface area contributed by atoms with Gasteiger partial charge in [0.15, 0.2) is 5.60 Å². The number of anilines is 3. The summed E-state index contributed by atoms with van der Waals surface area (Å²) in [5.41, 5.74) is 2.07. The number of fused-ring (bicyclic) bond motifs is 2. The van der Waals surface area contributed by atoms with E-state index in [4.69, 9.17) is 4.74 Å². The van der Waals surface area contributed by atoms with Crippen LogP contribution in [0.25, 0.3) is 0 Å². The minimum atomic E-state index is -3.59. The first-order valence-electron chi connectivity index (χ1n) is 19.4. The topological polar surface area (TPSA) is 111 Å². The molecule has 1 spiro atoms. The van der Waals surface area contributed by atoms with Crippen molar-refractivity contribution in [2.75, 3.05) is 40.9 Å². The van der Waals surface area contributed by atoms with E-state index < -0.39 is 31.6 Å². The van der Waals surface area contributed by atoms with Crippen molar-refractivity contribution in [1.82, 2.24) is 4.90 Å². The number of halogens is 1. The monoisotopic (exact) mass is 754 g/mol. The van der Waals surface area contributed by atoms with Crippen LogP contribution >= 0.6 is 0 Å². The van der Waals surface area contributed by atoms with E-state index in [0.29, 0.717) is 42.9 Å². The largest absolute Gasteiger partial charge is 0.395 e. The number of nitrogens with zero attached hydrogens (tertiary/aromatic N) is 4. The number of hydrogen-bond donors (Lipinski definition) is 1. The molecule has 3 aromatic rings. The Kier molecular flexibility index (Phi) is 10.8. The number of amides is 4. The molecule has 3 saturated heterocycles. The van der Waals surface area contributed by atoms with Crippen molar-refractivity contribution in [2.45, 2.75) is 95.3 Å². The molecule has 286 valence electrons. The predicted molar refractivity (Wildman–Crippen MR) is 208 cm³/mol. The van der Waals surface area contributed by atoms with Crippen molar-refractivity contribution in [3.05, 3.63) is 89.5 Å². The maximum Gasteiger partial charge on any atom is 0.264 e. The number of aliphatic hydroxyl groups excluding tert-OH is 1. The van der Waals surface area contributed by atoms with Crippen LogP contribution in [-0.4, -0.2) is 74.4 Å². The fourth-order valence-electron chi connectivity index (χ4n) is 9.24. The number of aliphatic hydroxyl groups is 1. The third-order valence-corrected chi connectivity index (χ3v) is 14.2. The molecule has 7 rings (SSSR count). The Labute approximate surface area is 318 Å². The van der Waals surface area contributed by atoms with Gasteiger partial charge in [-0.1, -0.05) is 49.4 Å². The van der Waals surface area contributed by atoms with Gasteiger partial charge in [-0.3, -0.25) is 19.2 Å². The molecule has 12 heteroatoms. The molecule has 3 fully saturated rings. The van der Waals surface area contributed by atoms with Crippen molar-refractivity contribution in [1.29, 1.82) is 0 Å². The predicted octanol–water partition coefficient (Wildman–Crippen LogP) is 6.45. The molecule has 4 aliphatic rings. The molecule has 0 unspecified atom stereocenters. The van der Waals surface area contributed by atoms with Gasteiger partial charge in [0.05, 0.1) is 31.4 Å². The lowest BCUT2D eigenvalue weighted by Gasteiger charge is -2.32. The average Bonchev–Trinajstić information content (AvgIpc) is 3.58. The quantitative estimate of drug-likeness (QED) is 0.178. The number of ether oxygens (including phenoxy) is 1. The molecule has 0 radical (unpaired) electrons. The van der Waals surface area contributed by atoms with Crippen LogP contribution in [0.2, 0.25) is 18.6 Å². The number of hydrogen-bond acceptors (Lipinski definition) is 6. The number of benzene rings is 3. The van der Waals surface area contributed by atoms with Crippen molar-refractivity contribution in [2.24, 2.45) is 5.92 Å². The zero-order valence-electron chi connectivity index (χ0n) is 31.5. The van der Waals surface area contributed by atoms with Crippen molar-refractivity contribution in [3.63, 3.8) is 0 Å². The standard InChI is InChI=1S/C42H51FN4O6Si/c1-29-40(54(2,3)43)36(26-39(51)44(22-23-48)27-30-12-5-4-6-13-30)53-42(29)34-25-33(46-21-10-8-17-38(46)50)18-19-35(34)47(41(42)52)28-31-14-11-15-32(24-31)45-20-9-7-16-37(45)49/h4-6,11-15,18-19,24-25,29,36,40,48H,7-10,16-17,20-23,26-28H2,1-3H3/t29-,36+,40-,42+/m1/s1. The second kappa shape index (κ2) is 15.4. The van der Waals surface area contributed by atoms with Crippen molar-refractivity contribution >= 4 is 49.1 Å². The number of piperidine rings is 2. The molecule has 0 aliphatic carbocycles. The summed E-state index contributed by atoms with van der Waals surface area (Å²) in [6.45, 7) is 6.63. The third-order valence-electron chi connectivity index (χ3n) is 11.8. The molecule has 3 aromatic carbocycles. The van der Waals surface area contributed by atoms with E-state index in [1.807, 2.05) is 79.7 Å². The lowest BCUT2D eigenvalue weighted by molar-refractivity contribution is -0.150. The van der Waals surface area contributed by atoms with Gasteiger partial charge in [0.1, 0.15) is 0 Å². The van der Waals surface area contributed by atoms with Crippen molar-refractivity contribution < 1.29 is 33.1 Å². The molecule has 4 heterocycles. The first kappa shape index (κ1) is 37.9. The summed E-state index contributed by atoms with van der Waals surface area (Å²) in [6, 6.07) is 22.8. The van der Waals surface area contributed by atoms with Crippen LogP contribution in [-0.2, 0) is 42.6 Å². The van der Waals surface area contributed by atoms with Crippen LogP contribution in [0.3, 0.4) is 0 Å². The Morgan fingerprint density at radius 3 is 2.17 bits per heavy atom. The smallest absolute Gasteiger partial charge is 0.264 e. The average molecular weight is 755 g/mol.